The van der Waals surface area contributed by atoms with E-state index in [0.717, 1.165) is 5.56 Å². The van der Waals surface area contributed by atoms with E-state index in [1.165, 1.54) is 0 Å². The van der Waals surface area contributed by atoms with E-state index in [-0.39, 0.29) is 0 Å². The third-order valence-electron chi connectivity index (χ3n) is 2.20. The molecule has 0 aliphatic carbocycles. The van der Waals surface area contributed by atoms with Gasteiger partial charge in [0, 0.05) is 11.9 Å². The summed E-state index contributed by atoms with van der Waals surface area (Å²) in [7, 11) is 0. The van der Waals surface area contributed by atoms with Crippen LogP contribution in [0.2, 0.25) is 0 Å². The van der Waals surface area contributed by atoms with E-state index in [1.807, 2.05) is 12.1 Å². The maximum atomic E-state index is 10.4. The Labute approximate surface area is 97.7 Å². The fraction of sp³-hybridized carbons (Fsp3) is 0.0909. The van der Waals surface area contributed by atoms with Gasteiger partial charge in [0.2, 0.25) is 0 Å². The Morgan fingerprint density at radius 2 is 2.12 bits per heavy atom. The van der Waals surface area contributed by atoms with Gasteiger partial charge < -0.3 is 10.8 Å². The fourth-order valence-electron chi connectivity index (χ4n) is 1.47. The van der Waals surface area contributed by atoms with E-state index in [4.69, 9.17) is 10.8 Å². The number of nitrogens with zero attached hydrogens (tertiary/aromatic N) is 2. The van der Waals surface area contributed by atoms with Crippen LogP contribution in [0.1, 0.15) is 5.56 Å². The van der Waals surface area contributed by atoms with Gasteiger partial charge in [0.15, 0.2) is 0 Å². The Balaban J connectivity index is 2.05. The van der Waals surface area contributed by atoms with Crippen LogP contribution < -0.4 is 11.1 Å². The molecule has 0 atom stereocenters. The minimum absolute atomic E-state index is 0.543. The quantitative estimate of drug-likeness (QED) is 0.749. The number of carboxylic acid groups (broad SMARTS) is 1. The Morgan fingerprint density at radius 1 is 1.41 bits per heavy atom. The monoisotopic (exact) mass is 232 g/mol. The van der Waals surface area contributed by atoms with Gasteiger partial charge in [-0.05, 0) is 17.7 Å². The number of carbonyl (C=O) groups is 1. The molecule has 0 saturated heterocycles. The van der Waals surface area contributed by atoms with Crippen molar-refractivity contribution >= 4 is 17.5 Å². The van der Waals surface area contributed by atoms with E-state index >= 15 is 0 Å². The van der Waals surface area contributed by atoms with Crippen LogP contribution in [0.3, 0.4) is 0 Å². The zero-order valence-corrected chi connectivity index (χ0v) is 9.00. The SMILES string of the molecule is Nc1cnn(Cc2ccc(NC(=O)O)cc2)c1. The van der Waals surface area contributed by atoms with Crippen molar-refractivity contribution < 1.29 is 9.90 Å². The van der Waals surface area contributed by atoms with Crippen molar-refractivity contribution in [3.63, 3.8) is 0 Å². The van der Waals surface area contributed by atoms with Crippen molar-refractivity contribution in [1.29, 1.82) is 0 Å². The zero-order chi connectivity index (χ0) is 12.3. The van der Waals surface area contributed by atoms with Crippen LogP contribution in [0.5, 0.6) is 0 Å². The first-order valence-electron chi connectivity index (χ1n) is 5.00. The lowest BCUT2D eigenvalue weighted by molar-refractivity contribution is 0.210. The maximum absolute atomic E-state index is 10.4. The average Bonchev–Trinajstić information content (AvgIpc) is 2.66. The van der Waals surface area contributed by atoms with Crippen molar-refractivity contribution in [2.24, 2.45) is 0 Å². The van der Waals surface area contributed by atoms with E-state index in [0.29, 0.717) is 17.9 Å². The van der Waals surface area contributed by atoms with Gasteiger partial charge in [-0.15, -0.1) is 0 Å². The number of aromatic nitrogens is 2. The van der Waals surface area contributed by atoms with E-state index in [1.54, 1.807) is 29.2 Å². The van der Waals surface area contributed by atoms with Gasteiger partial charge in [-0.25, -0.2) is 4.79 Å². The summed E-state index contributed by atoms with van der Waals surface area (Å²) >= 11 is 0. The summed E-state index contributed by atoms with van der Waals surface area (Å²) in [5, 5.41) is 14.9. The van der Waals surface area contributed by atoms with Gasteiger partial charge in [0.05, 0.1) is 18.4 Å². The molecule has 6 nitrogen and oxygen atoms in total. The minimum atomic E-state index is -1.07. The molecule has 6 heteroatoms. The largest absolute Gasteiger partial charge is 0.465 e. The molecule has 0 spiro atoms. The predicted octanol–water partition coefficient (Wildman–Crippen LogP) is 1.60. The topological polar surface area (TPSA) is 93.2 Å². The molecular formula is C11H12N4O2. The molecular weight excluding hydrogens is 220 g/mol. The van der Waals surface area contributed by atoms with Crippen molar-refractivity contribution in [3.05, 3.63) is 42.2 Å². The summed E-state index contributed by atoms with van der Waals surface area (Å²) in [5.74, 6) is 0. The Kier molecular flexibility index (Phi) is 2.95. The highest BCUT2D eigenvalue weighted by Crippen LogP contribution is 2.11. The Hall–Kier alpha value is -2.50. The molecule has 0 aliphatic heterocycles. The smallest absolute Gasteiger partial charge is 0.409 e. The maximum Gasteiger partial charge on any atom is 0.409 e. The van der Waals surface area contributed by atoms with Gasteiger partial charge in [-0.1, -0.05) is 12.1 Å². The number of hydrogen-bond acceptors (Lipinski definition) is 3. The number of nitrogens with two attached hydrogens (primary N) is 1. The molecule has 1 heterocycles. The van der Waals surface area contributed by atoms with Crippen molar-refractivity contribution in [2.45, 2.75) is 6.54 Å². The molecule has 0 fully saturated rings. The molecule has 0 saturated carbocycles. The number of nitrogen functional groups attached to an aromatic ring is 1. The first-order chi connectivity index (χ1) is 8.13. The fourth-order valence-corrected chi connectivity index (χ4v) is 1.47. The predicted molar refractivity (Wildman–Crippen MR) is 63.8 cm³/mol. The van der Waals surface area contributed by atoms with Crippen LogP contribution in [-0.2, 0) is 6.54 Å². The highest BCUT2D eigenvalue weighted by atomic mass is 16.4. The zero-order valence-electron chi connectivity index (χ0n) is 9.00. The Bertz CT molecular complexity index is 519. The van der Waals surface area contributed by atoms with Gasteiger partial charge in [-0.3, -0.25) is 10.00 Å². The van der Waals surface area contributed by atoms with Crippen LogP contribution in [0.4, 0.5) is 16.2 Å². The molecule has 0 aliphatic rings. The molecule has 2 aromatic rings. The van der Waals surface area contributed by atoms with Crippen LogP contribution in [0.25, 0.3) is 0 Å². The summed E-state index contributed by atoms with van der Waals surface area (Å²) < 4.78 is 1.72. The Morgan fingerprint density at radius 3 is 2.65 bits per heavy atom. The highest BCUT2D eigenvalue weighted by molar-refractivity contribution is 5.82. The molecule has 1 aromatic carbocycles. The molecule has 88 valence electrons. The average molecular weight is 232 g/mol. The molecule has 2 rings (SSSR count). The van der Waals surface area contributed by atoms with Gasteiger partial charge >= 0.3 is 6.09 Å². The lowest BCUT2D eigenvalue weighted by Crippen LogP contribution is -2.07. The van der Waals surface area contributed by atoms with Crippen LogP contribution in [0, 0.1) is 0 Å². The number of amides is 1. The van der Waals surface area contributed by atoms with Crippen molar-refractivity contribution in [2.75, 3.05) is 11.1 Å². The highest BCUT2D eigenvalue weighted by Gasteiger charge is 2.00. The summed E-state index contributed by atoms with van der Waals surface area (Å²) in [6.45, 7) is 0.602. The van der Waals surface area contributed by atoms with Gasteiger partial charge in [0.25, 0.3) is 0 Å². The third kappa shape index (κ3) is 2.97. The van der Waals surface area contributed by atoms with Crippen molar-refractivity contribution in [1.82, 2.24) is 9.78 Å². The van der Waals surface area contributed by atoms with Crippen molar-refractivity contribution in [3.8, 4) is 0 Å². The lowest BCUT2D eigenvalue weighted by atomic mass is 10.2. The van der Waals surface area contributed by atoms with Crippen LogP contribution in [0.15, 0.2) is 36.7 Å². The van der Waals surface area contributed by atoms with E-state index in [2.05, 4.69) is 10.4 Å². The summed E-state index contributed by atoms with van der Waals surface area (Å²) in [6, 6.07) is 7.08. The van der Waals surface area contributed by atoms with E-state index in [9.17, 15) is 4.79 Å². The third-order valence-corrected chi connectivity index (χ3v) is 2.20. The molecule has 0 radical (unpaired) electrons. The first-order valence-corrected chi connectivity index (χ1v) is 5.00. The second-order valence-electron chi connectivity index (χ2n) is 3.60. The minimum Gasteiger partial charge on any atom is -0.465 e. The standard InChI is InChI=1S/C11H12N4O2/c12-9-5-13-15(7-9)6-8-1-3-10(4-2-8)14-11(16)17/h1-5,7,14H,6,12H2,(H,16,17). The lowest BCUT2D eigenvalue weighted by Gasteiger charge is -2.04. The first kappa shape index (κ1) is 11.0. The van der Waals surface area contributed by atoms with Gasteiger partial charge in [0.1, 0.15) is 0 Å². The second kappa shape index (κ2) is 4.56. The molecule has 17 heavy (non-hydrogen) atoms. The van der Waals surface area contributed by atoms with Crippen LogP contribution >= 0.6 is 0 Å². The summed E-state index contributed by atoms with van der Waals surface area (Å²) in [4.78, 5) is 10.4. The van der Waals surface area contributed by atoms with Crippen LogP contribution in [-0.4, -0.2) is 21.0 Å². The summed E-state index contributed by atoms with van der Waals surface area (Å²) in [5.41, 5.74) is 7.73. The summed E-state index contributed by atoms with van der Waals surface area (Å²) in [6.07, 6.45) is 2.25. The van der Waals surface area contributed by atoms with E-state index < -0.39 is 6.09 Å². The number of nitrogens with one attached hydrogen (secondary N) is 1. The number of rotatable bonds is 3. The normalized spacial score (nSPS) is 10.1. The molecule has 0 bridgehead atoms. The number of benzene rings is 1. The number of anilines is 2. The number of hydrogen-bond donors (Lipinski definition) is 3. The molecule has 0 unspecified atom stereocenters. The molecule has 1 aromatic heterocycles. The molecule has 4 N–H and O–H groups in total. The van der Waals surface area contributed by atoms with Gasteiger partial charge in [-0.2, -0.15) is 5.10 Å². The second-order valence-corrected chi connectivity index (χ2v) is 3.60. The molecule has 1 amide bonds.